The summed E-state index contributed by atoms with van der Waals surface area (Å²) in [6.07, 6.45) is 10.8. The Morgan fingerprint density at radius 2 is 1.93 bits per heavy atom. The van der Waals surface area contributed by atoms with Gasteiger partial charge in [-0.15, -0.1) is 0 Å². The van der Waals surface area contributed by atoms with Crippen LogP contribution in [0.25, 0.3) is 0 Å². The summed E-state index contributed by atoms with van der Waals surface area (Å²) in [4.78, 5) is 25.0. The molecule has 0 amide bonds. The summed E-state index contributed by atoms with van der Waals surface area (Å²) in [5, 5.41) is 3.68. The van der Waals surface area contributed by atoms with Crippen LogP contribution in [0.15, 0.2) is 46.1 Å². The molecule has 3 rings (SSSR count). The fourth-order valence-corrected chi connectivity index (χ4v) is 3.65. The highest BCUT2D eigenvalue weighted by molar-refractivity contribution is 5.30. The van der Waals surface area contributed by atoms with Gasteiger partial charge in [-0.2, -0.15) is 0 Å². The van der Waals surface area contributed by atoms with Crippen LogP contribution in [-0.4, -0.2) is 22.7 Å². The van der Waals surface area contributed by atoms with Crippen LogP contribution in [0.3, 0.4) is 0 Å². The molecule has 2 aromatic rings. The second kappa shape index (κ2) is 11.7. The Labute approximate surface area is 178 Å². The lowest BCUT2D eigenvalue weighted by atomic mass is 10.0. The van der Waals surface area contributed by atoms with E-state index in [1.165, 1.54) is 30.9 Å². The van der Waals surface area contributed by atoms with Crippen molar-refractivity contribution in [3.05, 3.63) is 62.9 Å². The van der Waals surface area contributed by atoms with E-state index in [0.29, 0.717) is 12.6 Å². The zero-order valence-electron chi connectivity index (χ0n) is 18.1. The van der Waals surface area contributed by atoms with E-state index in [4.69, 9.17) is 4.74 Å². The van der Waals surface area contributed by atoms with Crippen molar-refractivity contribution in [3.63, 3.8) is 0 Å². The van der Waals surface area contributed by atoms with Gasteiger partial charge in [-0.25, -0.2) is 4.79 Å². The van der Waals surface area contributed by atoms with Crippen molar-refractivity contribution < 1.29 is 4.74 Å². The minimum atomic E-state index is -0.341. The molecular weight excluding hydrogens is 378 g/mol. The number of nitrogens with zero attached hydrogens (tertiary/aromatic N) is 1. The number of rotatable bonds is 14. The molecule has 0 radical (unpaired) electrons. The molecule has 0 unspecified atom stereocenters. The first-order chi connectivity index (χ1) is 14.7. The predicted octanol–water partition coefficient (Wildman–Crippen LogP) is 4.02. The molecule has 1 aromatic carbocycles. The standard InChI is InChI=1S/C24H35N3O3/c1-2-22(20-9-8-10-21(17-20)30-18-19-11-12-19)25-14-6-4-3-5-7-15-27-16-13-23(28)26-24(27)29/h8-10,13,16-17,19,22,25H,2-7,11-12,14-15,18H2,1H3,(H,26,28,29)/t22-/m1/s1. The summed E-state index contributed by atoms with van der Waals surface area (Å²) in [7, 11) is 0. The van der Waals surface area contributed by atoms with E-state index in [1.54, 1.807) is 10.8 Å². The molecule has 2 N–H and O–H groups in total. The number of ether oxygens (including phenoxy) is 1. The molecule has 1 saturated carbocycles. The van der Waals surface area contributed by atoms with Gasteiger partial charge in [-0.3, -0.25) is 9.78 Å². The van der Waals surface area contributed by atoms with Gasteiger partial charge < -0.3 is 14.6 Å². The quantitative estimate of drug-likeness (QED) is 0.459. The molecule has 0 spiro atoms. The maximum Gasteiger partial charge on any atom is 0.328 e. The molecule has 30 heavy (non-hydrogen) atoms. The number of hydrogen-bond acceptors (Lipinski definition) is 4. The first kappa shape index (κ1) is 22.3. The van der Waals surface area contributed by atoms with Gasteiger partial charge in [0.05, 0.1) is 6.61 Å². The molecule has 1 aromatic heterocycles. The van der Waals surface area contributed by atoms with Crippen molar-refractivity contribution in [1.82, 2.24) is 14.9 Å². The number of hydrogen-bond donors (Lipinski definition) is 2. The van der Waals surface area contributed by atoms with Crippen LogP contribution in [0.4, 0.5) is 0 Å². The van der Waals surface area contributed by atoms with Gasteiger partial charge in [-0.1, -0.05) is 38.3 Å². The van der Waals surface area contributed by atoms with E-state index in [9.17, 15) is 9.59 Å². The summed E-state index contributed by atoms with van der Waals surface area (Å²) in [5.41, 5.74) is 0.642. The fourth-order valence-electron chi connectivity index (χ4n) is 3.65. The Balaban J connectivity index is 1.29. The summed E-state index contributed by atoms with van der Waals surface area (Å²) in [5.74, 6) is 1.76. The molecule has 6 nitrogen and oxygen atoms in total. The number of aryl methyl sites for hydroxylation is 1. The topological polar surface area (TPSA) is 76.1 Å². The number of H-pyrrole nitrogens is 1. The van der Waals surface area contributed by atoms with E-state index in [2.05, 4.69) is 41.5 Å². The van der Waals surface area contributed by atoms with E-state index in [-0.39, 0.29) is 11.2 Å². The average molecular weight is 414 g/mol. The molecule has 0 bridgehead atoms. The van der Waals surface area contributed by atoms with Crippen molar-refractivity contribution in [1.29, 1.82) is 0 Å². The number of benzene rings is 1. The Morgan fingerprint density at radius 3 is 2.70 bits per heavy atom. The van der Waals surface area contributed by atoms with Gasteiger partial charge in [0.15, 0.2) is 0 Å². The SMILES string of the molecule is CC[C@@H](NCCCCCCCn1ccc(=O)[nH]c1=O)c1cccc(OCC2CC2)c1. The van der Waals surface area contributed by atoms with Gasteiger partial charge in [0.1, 0.15) is 5.75 Å². The van der Waals surface area contributed by atoms with E-state index in [0.717, 1.165) is 56.9 Å². The summed E-state index contributed by atoms with van der Waals surface area (Å²) < 4.78 is 7.49. The lowest BCUT2D eigenvalue weighted by molar-refractivity contribution is 0.299. The van der Waals surface area contributed by atoms with Gasteiger partial charge in [-0.05, 0) is 62.3 Å². The van der Waals surface area contributed by atoms with Crippen LogP contribution in [0, 0.1) is 5.92 Å². The van der Waals surface area contributed by atoms with Gasteiger partial charge in [0, 0.05) is 24.8 Å². The highest BCUT2D eigenvalue weighted by atomic mass is 16.5. The van der Waals surface area contributed by atoms with Crippen LogP contribution < -0.4 is 21.3 Å². The average Bonchev–Trinajstić information content (AvgIpc) is 3.57. The Kier molecular flexibility index (Phi) is 8.75. The third-order valence-electron chi connectivity index (χ3n) is 5.71. The number of aromatic amines is 1. The number of nitrogens with one attached hydrogen (secondary N) is 2. The van der Waals surface area contributed by atoms with Crippen molar-refractivity contribution in [3.8, 4) is 5.75 Å². The number of unbranched alkanes of at least 4 members (excludes halogenated alkanes) is 4. The zero-order chi connectivity index (χ0) is 21.2. The zero-order valence-corrected chi connectivity index (χ0v) is 18.1. The van der Waals surface area contributed by atoms with Crippen LogP contribution in [0.1, 0.15) is 69.9 Å². The Morgan fingerprint density at radius 1 is 1.13 bits per heavy atom. The van der Waals surface area contributed by atoms with Gasteiger partial charge in [0.2, 0.25) is 0 Å². The molecule has 1 heterocycles. The van der Waals surface area contributed by atoms with Crippen molar-refractivity contribution in [2.45, 2.75) is 70.9 Å². The Hall–Kier alpha value is -2.34. The van der Waals surface area contributed by atoms with Crippen LogP contribution in [-0.2, 0) is 6.54 Å². The molecule has 164 valence electrons. The van der Waals surface area contributed by atoms with Crippen LogP contribution in [0.2, 0.25) is 0 Å². The molecule has 0 aliphatic heterocycles. The maximum absolute atomic E-state index is 11.6. The normalized spacial score (nSPS) is 14.6. The molecule has 0 saturated heterocycles. The lowest BCUT2D eigenvalue weighted by Crippen LogP contribution is -2.28. The second-order valence-corrected chi connectivity index (χ2v) is 8.31. The third kappa shape index (κ3) is 7.48. The lowest BCUT2D eigenvalue weighted by Gasteiger charge is -2.18. The molecular formula is C24H35N3O3. The Bertz CT molecular complexity index is 886. The van der Waals surface area contributed by atoms with E-state index >= 15 is 0 Å². The first-order valence-corrected chi connectivity index (χ1v) is 11.4. The van der Waals surface area contributed by atoms with Crippen molar-refractivity contribution in [2.75, 3.05) is 13.2 Å². The van der Waals surface area contributed by atoms with Gasteiger partial charge in [0.25, 0.3) is 5.56 Å². The number of aromatic nitrogens is 2. The van der Waals surface area contributed by atoms with E-state index < -0.39 is 0 Å². The van der Waals surface area contributed by atoms with Crippen molar-refractivity contribution in [2.24, 2.45) is 5.92 Å². The van der Waals surface area contributed by atoms with Crippen molar-refractivity contribution >= 4 is 0 Å². The largest absolute Gasteiger partial charge is 0.493 e. The smallest absolute Gasteiger partial charge is 0.328 e. The monoisotopic (exact) mass is 413 g/mol. The second-order valence-electron chi connectivity index (χ2n) is 8.31. The molecule has 1 aliphatic carbocycles. The molecule has 6 heteroatoms. The molecule has 1 fully saturated rings. The first-order valence-electron chi connectivity index (χ1n) is 11.4. The molecule has 1 atom stereocenters. The fraction of sp³-hybridized carbons (Fsp3) is 0.583. The molecule has 1 aliphatic rings. The minimum Gasteiger partial charge on any atom is -0.493 e. The van der Waals surface area contributed by atoms with Gasteiger partial charge >= 0.3 is 5.69 Å². The maximum atomic E-state index is 11.6. The van der Waals surface area contributed by atoms with E-state index in [1.807, 2.05) is 0 Å². The predicted molar refractivity (Wildman–Crippen MR) is 120 cm³/mol. The summed E-state index contributed by atoms with van der Waals surface area (Å²) >= 11 is 0. The highest BCUT2D eigenvalue weighted by Crippen LogP contribution is 2.30. The summed E-state index contributed by atoms with van der Waals surface area (Å²) in [6, 6.07) is 10.3. The highest BCUT2D eigenvalue weighted by Gasteiger charge is 2.22. The van der Waals surface area contributed by atoms with Crippen LogP contribution >= 0.6 is 0 Å². The van der Waals surface area contributed by atoms with Crippen LogP contribution in [0.5, 0.6) is 5.75 Å². The minimum absolute atomic E-state index is 0.320. The summed E-state index contributed by atoms with van der Waals surface area (Å²) in [6.45, 7) is 4.73. The third-order valence-corrected chi connectivity index (χ3v) is 5.71.